The predicted octanol–water partition coefficient (Wildman–Crippen LogP) is 4.89. The molecule has 1 aliphatic rings. The number of fused-ring (bicyclic) bond motifs is 2. The van der Waals surface area contributed by atoms with Gasteiger partial charge in [-0.15, -0.1) is 0 Å². The number of nitrogens with zero attached hydrogens (tertiary/aromatic N) is 5. The number of nitrogens with one attached hydrogen (secondary N) is 3. The van der Waals surface area contributed by atoms with Gasteiger partial charge in [-0.1, -0.05) is 6.07 Å². The number of pyridine rings is 2. The van der Waals surface area contributed by atoms with Crippen molar-refractivity contribution >= 4 is 32.0 Å². The van der Waals surface area contributed by atoms with Crippen LogP contribution in [-0.4, -0.2) is 75.9 Å². The number of hydrogen-bond acceptors (Lipinski definition) is 8. The molecular formula is C32H31FN8O3S. The first-order valence-corrected chi connectivity index (χ1v) is 16.6. The fraction of sp³-hybridized carbons (Fsp3) is 0.250. The Labute approximate surface area is 258 Å². The van der Waals surface area contributed by atoms with Crippen molar-refractivity contribution < 1.29 is 17.5 Å². The van der Waals surface area contributed by atoms with Gasteiger partial charge in [0.2, 0.25) is 10.0 Å². The van der Waals surface area contributed by atoms with E-state index in [0.29, 0.717) is 46.0 Å². The standard InChI is InChI=1S/C32H31FN8O3S/c1-45(42,43)36-17-20-12-22(14-24(33)13-20)29-31-28(6-7-35-29)37-32(38-31)30-26-16-21(4-5-27(26)39-40-30)23-15-25(19-34-18-23)44-11-10-41-8-2-3-9-41/h4-7,12-16,18-19,36H,2-3,8-11,17H2,1H3,(H,37,38)(H,39,40). The van der Waals surface area contributed by atoms with E-state index in [-0.39, 0.29) is 6.54 Å². The fourth-order valence-electron chi connectivity index (χ4n) is 5.69. The van der Waals surface area contributed by atoms with Crippen LogP contribution in [-0.2, 0) is 16.6 Å². The van der Waals surface area contributed by atoms with Gasteiger partial charge in [0.05, 0.1) is 29.2 Å². The number of ether oxygens (including phenoxy) is 1. The van der Waals surface area contributed by atoms with Crippen LogP contribution in [0.4, 0.5) is 4.39 Å². The zero-order valence-corrected chi connectivity index (χ0v) is 25.4. The van der Waals surface area contributed by atoms with Crippen LogP contribution in [0, 0.1) is 5.82 Å². The number of rotatable bonds is 10. The summed E-state index contributed by atoms with van der Waals surface area (Å²) >= 11 is 0. The van der Waals surface area contributed by atoms with Crippen LogP contribution >= 0.6 is 0 Å². The second-order valence-corrected chi connectivity index (χ2v) is 13.1. The largest absolute Gasteiger partial charge is 0.491 e. The first-order valence-electron chi connectivity index (χ1n) is 14.7. The van der Waals surface area contributed by atoms with Gasteiger partial charge >= 0.3 is 0 Å². The zero-order valence-electron chi connectivity index (χ0n) is 24.5. The van der Waals surface area contributed by atoms with Gasteiger partial charge in [-0.3, -0.25) is 20.0 Å². The number of likely N-dealkylation sites (tertiary alicyclic amines) is 1. The topological polar surface area (TPSA) is 142 Å². The van der Waals surface area contributed by atoms with Crippen molar-refractivity contribution in [3.63, 3.8) is 0 Å². The summed E-state index contributed by atoms with van der Waals surface area (Å²) in [6, 6.07) is 14.2. The van der Waals surface area contributed by atoms with E-state index in [1.807, 2.05) is 30.5 Å². The maximum atomic E-state index is 14.6. The molecule has 1 fully saturated rings. The molecule has 0 unspecified atom stereocenters. The molecule has 230 valence electrons. The van der Waals surface area contributed by atoms with Crippen molar-refractivity contribution in [2.24, 2.45) is 0 Å². The summed E-state index contributed by atoms with van der Waals surface area (Å²) in [6.07, 6.45) is 8.73. The highest BCUT2D eigenvalue weighted by atomic mass is 32.2. The summed E-state index contributed by atoms with van der Waals surface area (Å²) in [5.41, 5.74) is 5.98. The minimum absolute atomic E-state index is 0.0455. The molecule has 7 rings (SSSR count). The second-order valence-electron chi connectivity index (χ2n) is 11.2. The molecule has 0 spiro atoms. The van der Waals surface area contributed by atoms with Crippen LogP contribution < -0.4 is 9.46 Å². The SMILES string of the molecule is CS(=O)(=O)NCc1cc(F)cc(-c2nccc3[nH]c(-c4n[nH]c5ccc(-c6cncc(OCCN7CCCC7)c6)cc45)nc23)c1. The Morgan fingerprint density at radius 1 is 0.978 bits per heavy atom. The monoisotopic (exact) mass is 626 g/mol. The fourth-order valence-corrected chi connectivity index (χ4v) is 6.12. The van der Waals surface area contributed by atoms with Crippen molar-refractivity contribution in [1.29, 1.82) is 0 Å². The lowest BCUT2D eigenvalue weighted by molar-refractivity contribution is 0.237. The third-order valence-electron chi connectivity index (χ3n) is 7.88. The number of aromatic amines is 2. The van der Waals surface area contributed by atoms with E-state index in [9.17, 15) is 12.8 Å². The van der Waals surface area contributed by atoms with E-state index in [1.165, 1.54) is 25.0 Å². The lowest BCUT2D eigenvalue weighted by atomic mass is 10.0. The molecular weight excluding hydrogens is 595 g/mol. The van der Waals surface area contributed by atoms with Crippen molar-refractivity contribution in [2.45, 2.75) is 19.4 Å². The lowest BCUT2D eigenvalue weighted by Gasteiger charge is -2.15. The van der Waals surface area contributed by atoms with Crippen molar-refractivity contribution in [3.8, 4) is 39.7 Å². The van der Waals surface area contributed by atoms with Crippen LogP contribution in [0.5, 0.6) is 5.75 Å². The number of benzene rings is 2. The molecule has 0 amide bonds. The van der Waals surface area contributed by atoms with Crippen LogP contribution in [0.1, 0.15) is 18.4 Å². The smallest absolute Gasteiger partial charge is 0.209 e. The maximum Gasteiger partial charge on any atom is 0.209 e. The van der Waals surface area contributed by atoms with Crippen LogP contribution in [0.2, 0.25) is 0 Å². The Bertz CT molecular complexity index is 2120. The number of sulfonamides is 1. The first-order chi connectivity index (χ1) is 21.8. The third kappa shape index (κ3) is 6.41. The highest BCUT2D eigenvalue weighted by molar-refractivity contribution is 7.88. The van der Waals surface area contributed by atoms with Crippen LogP contribution in [0.15, 0.2) is 67.1 Å². The van der Waals surface area contributed by atoms with Crippen molar-refractivity contribution in [1.82, 2.24) is 39.8 Å². The number of imidazole rings is 1. The molecule has 0 aliphatic carbocycles. The van der Waals surface area contributed by atoms with Gasteiger partial charge < -0.3 is 9.72 Å². The highest BCUT2D eigenvalue weighted by Crippen LogP contribution is 2.33. The van der Waals surface area contributed by atoms with E-state index in [2.05, 4.69) is 34.8 Å². The number of halogens is 1. The van der Waals surface area contributed by atoms with Crippen LogP contribution in [0.3, 0.4) is 0 Å². The second kappa shape index (κ2) is 12.0. The third-order valence-corrected chi connectivity index (χ3v) is 8.55. The average molecular weight is 627 g/mol. The molecule has 5 heterocycles. The average Bonchev–Trinajstić information content (AvgIpc) is 3.79. The summed E-state index contributed by atoms with van der Waals surface area (Å²) in [4.78, 5) is 19.5. The highest BCUT2D eigenvalue weighted by Gasteiger charge is 2.18. The van der Waals surface area contributed by atoms with Crippen LogP contribution in [0.25, 0.3) is 55.8 Å². The Hall–Kier alpha value is -4.72. The number of aromatic nitrogens is 6. The van der Waals surface area contributed by atoms with Gasteiger partial charge in [0.1, 0.15) is 29.4 Å². The van der Waals surface area contributed by atoms with Gasteiger partial charge in [-0.2, -0.15) is 5.10 Å². The molecule has 0 atom stereocenters. The molecule has 0 radical (unpaired) electrons. The number of H-pyrrole nitrogens is 2. The molecule has 2 aromatic carbocycles. The normalized spacial score (nSPS) is 14.1. The molecule has 0 saturated carbocycles. The lowest BCUT2D eigenvalue weighted by Crippen LogP contribution is -2.25. The number of hydrogen-bond donors (Lipinski definition) is 3. The molecule has 4 aromatic heterocycles. The van der Waals surface area contributed by atoms with Gasteiger partial charge in [0, 0.05) is 42.0 Å². The van der Waals surface area contributed by atoms with Crippen molar-refractivity contribution in [2.75, 3.05) is 32.5 Å². The summed E-state index contributed by atoms with van der Waals surface area (Å²) in [6.45, 7) is 3.75. The molecule has 3 N–H and O–H groups in total. The summed E-state index contributed by atoms with van der Waals surface area (Å²) < 4.78 is 46.2. The first kappa shape index (κ1) is 29.0. The molecule has 6 aromatic rings. The predicted molar refractivity (Wildman–Crippen MR) is 170 cm³/mol. The van der Waals surface area contributed by atoms with Gasteiger partial charge in [-0.05, 0) is 79.5 Å². The summed E-state index contributed by atoms with van der Waals surface area (Å²) in [7, 11) is -3.44. The van der Waals surface area contributed by atoms with E-state index in [0.717, 1.165) is 53.7 Å². The Kier molecular flexibility index (Phi) is 7.73. The van der Waals surface area contributed by atoms with E-state index in [4.69, 9.17) is 9.72 Å². The molecule has 0 bridgehead atoms. The Balaban J connectivity index is 1.19. The Morgan fingerprint density at radius 3 is 2.69 bits per heavy atom. The molecule has 45 heavy (non-hydrogen) atoms. The minimum Gasteiger partial charge on any atom is -0.491 e. The van der Waals surface area contributed by atoms with Gasteiger partial charge in [-0.25, -0.2) is 22.5 Å². The molecule has 13 heteroatoms. The summed E-state index contributed by atoms with van der Waals surface area (Å²) in [5, 5.41) is 8.51. The van der Waals surface area contributed by atoms with E-state index >= 15 is 0 Å². The van der Waals surface area contributed by atoms with Gasteiger partial charge in [0.25, 0.3) is 0 Å². The molecule has 11 nitrogen and oxygen atoms in total. The maximum absolute atomic E-state index is 14.6. The van der Waals surface area contributed by atoms with Gasteiger partial charge in [0.15, 0.2) is 5.82 Å². The summed E-state index contributed by atoms with van der Waals surface area (Å²) in [5.74, 6) is 0.744. The van der Waals surface area contributed by atoms with Crippen molar-refractivity contribution in [3.05, 3.63) is 78.5 Å². The quantitative estimate of drug-likeness (QED) is 0.195. The zero-order chi connectivity index (χ0) is 31.0. The Morgan fingerprint density at radius 2 is 1.84 bits per heavy atom. The molecule has 1 aliphatic heterocycles. The van der Waals surface area contributed by atoms with E-state index < -0.39 is 15.8 Å². The molecule has 1 saturated heterocycles. The van der Waals surface area contributed by atoms with E-state index in [1.54, 1.807) is 24.5 Å². The minimum atomic E-state index is -3.44.